The van der Waals surface area contributed by atoms with Crippen LogP contribution in [0, 0.1) is 13.8 Å². The van der Waals surface area contributed by atoms with Crippen molar-refractivity contribution >= 4 is 5.91 Å². The van der Waals surface area contributed by atoms with Crippen LogP contribution in [0.4, 0.5) is 0 Å². The first-order valence-corrected chi connectivity index (χ1v) is 8.90. The topological polar surface area (TPSA) is 117 Å². The second-order valence-corrected chi connectivity index (χ2v) is 6.48. The fourth-order valence-electron chi connectivity index (χ4n) is 2.92. The molecule has 2 aromatic carbocycles. The van der Waals surface area contributed by atoms with Crippen molar-refractivity contribution in [3.63, 3.8) is 0 Å². The van der Waals surface area contributed by atoms with E-state index in [1.54, 1.807) is 25.1 Å². The van der Waals surface area contributed by atoms with Crippen LogP contribution in [-0.2, 0) is 6.61 Å². The summed E-state index contributed by atoms with van der Waals surface area (Å²) < 4.78 is 16.8. The fourth-order valence-corrected chi connectivity index (χ4v) is 2.92. The minimum absolute atomic E-state index is 0.0122. The molecule has 0 saturated carbocycles. The van der Waals surface area contributed by atoms with Crippen LogP contribution in [0.15, 0.2) is 57.5 Å². The van der Waals surface area contributed by atoms with Crippen LogP contribution in [-0.4, -0.2) is 21.3 Å². The van der Waals surface area contributed by atoms with E-state index in [0.717, 1.165) is 11.1 Å². The Labute approximate surface area is 166 Å². The smallest absolute Gasteiger partial charge is 0.254 e. The van der Waals surface area contributed by atoms with Crippen LogP contribution >= 0.6 is 0 Å². The zero-order valence-electron chi connectivity index (χ0n) is 15.9. The monoisotopic (exact) mass is 390 g/mol. The number of carbonyl (C=O) groups is 1. The summed E-state index contributed by atoms with van der Waals surface area (Å²) in [5.41, 5.74) is 8.75. The molecule has 0 spiro atoms. The molecule has 0 aliphatic rings. The number of ether oxygens (including phenoxy) is 1. The summed E-state index contributed by atoms with van der Waals surface area (Å²) in [4.78, 5) is 11.6. The molecule has 4 aromatic rings. The Kier molecular flexibility index (Phi) is 4.82. The van der Waals surface area contributed by atoms with E-state index in [-0.39, 0.29) is 24.0 Å². The van der Waals surface area contributed by atoms with Gasteiger partial charge in [-0.05, 0) is 31.5 Å². The number of nitrogens with zero attached hydrogens (tertiary/aromatic N) is 3. The highest BCUT2D eigenvalue weighted by molar-refractivity contribution is 5.95. The van der Waals surface area contributed by atoms with Crippen LogP contribution in [0.3, 0.4) is 0 Å². The van der Waals surface area contributed by atoms with Crippen LogP contribution in [0.25, 0.3) is 22.7 Å². The van der Waals surface area contributed by atoms with Gasteiger partial charge in [0, 0.05) is 5.56 Å². The van der Waals surface area contributed by atoms with Gasteiger partial charge < -0.3 is 19.4 Å². The number of hydrogen-bond acceptors (Lipinski definition) is 7. The van der Waals surface area contributed by atoms with Gasteiger partial charge in [-0.25, -0.2) is 0 Å². The highest BCUT2D eigenvalue weighted by Gasteiger charge is 2.22. The lowest BCUT2D eigenvalue weighted by molar-refractivity contribution is 0.0995. The van der Waals surface area contributed by atoms with Crippen molar-refractivity contribution in [1.29, 1.82) is 0 Å². The summed E-state index contributed by atoms with van der Waals surface area (Å²) in [6, 6.07) is 14.7. The Balaban J connectivity index is 1.59. The number of hydrogen-bond donors (Lipinski definition) is 1. The molecule has 1 amide bonds. The Bertz CT molecular complexity index is 1160. The third-order valence-corrected chi connectivity index (χ3v) is 4.34. The second kappa shape index (κ2) is 7.59. The van der Waals surface area contributed by atoms with Gasteiger partial charge in [0.1, 0.15) is 22.8 Å². The van der Waals surface area contributed by atoms with Gasteiger partial charge in [-0.1, -0.05) is 41.6 Å². The maximum atomic E-state index is 11.6. The minimum Gasteiger partial charge on any atom is -0.483 e. The van der Waals surface area contributed by atoms with E-state index >= 15 is 0 Å². The van der Waals surface area contributed by atoms with Crippen LogP contribution in [0.1, 0.15) is 27.6 Å². The molecule has 0 saturated heterocycles. The van der Waals surface area contributed by atoms with Gasteiger partial charge in [0.15, 0.2) is 6.61 Å². The zero-order chi connectivity index (χ0) is 20.4. The largest absolute Gasteiger partial charge is 0.483 e. The maximum Gasteiger partial charge on any atom is 0.254 e. The molecule has 8 heteroatoms. The summed E-state index contributed by atoms with van der Waals surface area (Å²) in [6.45, 7) is 3.66. The molecule has 0 aliphatic carbocycles. The molecule has 0 bridgehead atoms. The predicted octanol–water partition coefficient (Wildman–Crippen LogP) is 3.69. The molecule has 8 nitrogen and oxygen atoms in total. The van der Waals surface area contributed by atoms with E-state index in [1.807, 2.05) is 37.3 Å². The summed E-state index contributed by atoms with van der Waals surface area (Å²) in [7, 11) is 0. The lowest BCUT2D eigenvalue weighted by atomic mass is 10.1. The number of amides is 1. The first kappa shape index (κ1) is 18.4. The van der Waals surface area contributed by atoms with Gasteiger partial charge in [0.25, 0.3) is 17.7 Å². The molecule has 0 fully saturated rings. The van der Waals surface area contributed by atoms with Crippen LogP contribution in [0.2, 0.25) is 0 Å². The molecule has 146 valence electrons. The lowest BCUT2D eigenvalue weighted by Gasteiger charge is -2.08. The van der Waals surface area contributed by atoms with Crippen molar-refractivity contribution in [2.75, 3.05) is 0 Å². The standard InChI is InChI=1S/C21H18N4O4/c1-12-8-9-15(20(22)26)16(10-12)27-11-17-23-24-21(28-17)18-13(2)29-25-19(18)14-6-4-3-5-7-14/h3-10H,11H2,1-2H3,(H2,22,26). The molecule has 2 heterocycles. The van der Waals surface area contributed by atoms with Crippen molar-refractivity contribution in [2.45, 2.75) is 20.5 Å². The Hall–Kier alpha value is -3.94. The minimum atomic E-state index is -0.571. The van der Waals surface area contributed by atoms with Crippen LogP contribution in [0.5, 0.6) is 5.75 Å². The molecule has 2 N–H and O–H groups in total. The molecule has 2 aromatic heterocycles. The predicted molar refractivity (Wildman–Crippen MR) is 104 cm³/mol. The Morgan fingerprint density at radius 1 is 1.10 bits per heavy atom. The van der Waals surface area contributed by atoms with Crippen LogP contribution < -0.4 is 10.5 Å². The van der Waals surface area contributed by atoms with Gasteiger partial charge in [0.2, 0.25) is 0 Å². The molecular weight excluding hydrogens is 372 g/mol. The average molecular weight is 390 g/mol. The molecule has 0 unspecified atom stereocenters. The van der Waals surface area contributed by atoms with Crippen molar-refractivity contribution in [3.8, 4) is 28.5 Å². The number of nitrogens with two attached hydrogens (primary N) is 1. The van der Waals surface area contributed by atoms with E-state index in [1.165, 1.54) is 0 Å². The summed E-state index contributed by atoms with van der Waals surface area (Å²) in [5, 5.41) is 12.3. The molecule has 0 atom stereocenters. The summed E-state index contributed by atoms with van der Waals surface area (Å²) in [5.74, 6) is 0.883. The number of aromatic nitrogens is 3. The summed E-state index contributed by atoms with van der Waals surface area (Å²) in [6.07, 6.45) is 0. The van der Waals surface area contributed by atoms with Gasteiger partial charge >= 0.3 is 0 Å². The molecule has 0 radical (unpaired) electrons. The second-order valence-electron chi connectivity index (χ2n) is 6.48. The van der Waals surface area contributed by atoms with Gasteiger partial charge in [-0.15, -0.1) is 10.2 Å². The SMILES string of the molecule is Cc1ccc(C(N)=O)c(OCc2nnc(-c3c(-c4ccccc4)noc3C)o2)c1. The van der Waals surface area contributed by atoms with E-state index < -0.39 is 5.91 Å². The average Bonchev–Trinajstić information content (AvgIpc) is 3.33. The van der Waals surface area contributed by atoms with Crippen molar-refractivity contribution < 1.29 is 18.5 Å². The molecular formula is C21H18N4O4. The molecule has 4 rings (SSSR count). The third-order valence-electron chi connectivity index (χ3n) is 4.34. The number of primary amides is 1. The fraction of sp³-hybridized carbons (Fsp3) is 0.143. The Morgan fingerprint density at radius 3 is 2.66 bits per heavy atom. The first-order chi connectivity index (χ1) is 14.0. The summed E-state index contributed by atoms with van der Waals surface area (Å²) >= 11 is 0. The van der Waals surface area contributed by atoms with E-state index in [4.69, 9.17) is 19.4 Å². The molecule has 29 heavy (non-hydrogen) atoms. The normalized spacial score (nSPS) is 10.8. The van der Waals surface area contributed by atoms with E-state index in [9.17, 15) is 4.79 Å². The van der Waals surface area contributed by atoms with Gasteiger partial charge in [-0.2, -0.15) is 0 Å². The lowest BCUT2D eigenvalue weighted by Crippen LogP contribution is -2.13. The zero-order valence-corrected chi connectivity index (χ0v) is 15.9. The first-order valence-electron chi connectivity index (χ1n) is 8.90. The van der Waals surface area contributed by atoms with Gasteiger partial charge in [-0.3, -0.25) is 4.79 Å². The van der Waals surface area contributed by atoms with E-state index in [0.29, 0.717) is 22.8 Å². The van der Waals surface area contributed by atoms with Gasteiger partial charge in [0.05, 0.1) is 5.56 Å². The van der Waals surface area contributed by atoms with Crippen molar-refractivity contribution in [3.05, 3.63) is 71.3 Å². The maximum absolute atomic E-state index is 11.6. The highest BCUT2D eigenvalue weighted by atomic mass is 16.5. The van der Waals surface area contributed by atoms with Crippen molar-refractivity contribution in [1.82, 2.24) is 15.4 Å². The number of benzene rings is 2. The number of carbonyl (C=O) groups excluding carboxylic acids is 1. The highest BCUT2D eigenvalue weighted by Crippen LogP contribution is 2.33. The number of aryl methyl sites for hydroxylation is 2. The van der Waals surface area contributed by atoms with E-state index in [2.05, 4.69) is 15.4 Å². The number of rotatable bonds is 6. The van der Waals surface area contributed by atoms with Crippen molar-refractivity contribution in [2.24, 2.45) is 5.73 Å². The molecule has 0 aliphatic heterocycles. The third kappa shape index (κ3) is 3.73. The quantitative estimate of drug-likeness (QED) is 0.533. The Morgan fingerprint density at radius 2 is 1.90 bits per heavy atom.